The smallest absolute Gasteiger partial charge is 0.201 e. The molecule has 1 spiro atoms. The number of rotatable bonds is 8. The molecule has 4 saturated heterocycles. The van der Waals surface area contributed by atoms with Crippen molar-refractivity contribution in [2.24, 2.45) is 23.7 Å². The SMILES string of the molecule is C[C@@H]1CCC2[C@@H](C)[C@@H](OCCNCCNc3ccnc4cc(Cl)ccc34)O[C@@H]3O[C@]4(C)CCC1[C@@]23OO4. The molecule has 5 aliphatic rings. The minimum atomic E-state index is -0.760. The van der Waals surface area contributed by atoms with Gasteiger partial charge in [-0.1, -0.05) is 25.4 Å². The molecule has 8 atom stereocenters. The predicted octanol–water partition coefficient (Wildman–Crippen LogP) is 5.11. The van der Waals surface area contributed by atoms with Crippen LogP contribution in [0.1, 0.15) is 46.5 Å². The third-order valence-electron chi connectivity index (χ3n) is 8.98. The Morgan fingerprint density at radius 1 is 1.08 bits per heavy atom. The van der Waals surface area contributed by atoms with Gasteiger partial charge in [-0.3, -0.25) is 4.98 Å². The number of nitrogens with one attached hydrogen (secondary N) is 2. The molecule has 5 fully saturated rings. The lowest BCUT2D eigenvalue weighted by Gasteiger charge is -2.60. The lowest BCUT2D eigenvalue weighted by Crippen LogP contribution is -2.70. The van der Waals surface area contributed by atoms with Gasteiger partial charge < -0.3 is 24.8 Å². The van der Waals surface area contributed by atoms with Crippen molar-refractivity contribution in [3.8, 4) is 0 Å². The van der Waals surface area contributed by atoms with Gasteiger partial charge in [0.05, 0.1) is 12.1 Å². The van der Waals surface area contributed by atoms with E-state index in [0.717, 1.165) is 55.5 Å². The molecule has 1 aromatic heterocycles. The molecule has 2 unspecified atom stereocenters. The highest BCUT2D eigenvalue weighted by Gasteiger charge is 2.69. The average molecular weight is 532 g/mol. The summed E-state index contributed by atoms with van der Waals surface area (Å²) in [4.78, 5) is 16.5. The summed E-state index contributed by atoms with van der Waals surface area (Å²) >= 11 is 6.10. The number of benzene rings is 1. The van der Waals surface area contributed by atoms with E-state index in [4.69, 9.17) is 35.6 Å². The number of nitrogens with zero attached hydrogens (tertiary/aromatic N) is 1. The van der Waals surface area contributed by atoms with Crippen LogP contribution in [0.25, 0.3) is 10.9 Å². The van der Waals surface area contributed by atoms with Gasteiger partial charge in [0.15, 0.2) is 18.2 Å². The maximum absolute atomic E-state index is 6.49. The quantitative estimate of drug-likeness (QED) is 0.359. The van der Waals surface area contributed by atoms with Gasteiger partial charge in [-0.2, -0.15) is 0 Å². The lowest BCUT2D eigenvalue weighted by molar-refractivity contribution is -0.577. The van der Waals surface area contributed by atoms with Gasteiger partial charge in [-0.05, 0) is 62.3 Å². The Kier molecular flexibility index (Phi) is 7.11. The summed E-state index contributed by atoms with van der Waals surface area (Å²) in [6, 6.07) is 7.76. The van der Waals surface area contributed by atoms with Crippen LogP contribution in [-0.2, 0) is 24.0 Å². The minimum absolute atomic E-state index is 0.191. The zero-order valence-electron chi connectivity index (χ0n) is 21.9. The molecule has 37 heavy (non-hydrogen) atoms. The van der Waals surface area contributed by atoms with Crippen LogP contribution >= 0.6 is 11.6 Å². The summed E-state index contributed by atoms with van der Waals surface area (Å²) in [5.41, 5.74) is 1.40. The zero-order valence-corrected chi connectivity index (χ0v) is 22.6. The molecule has 1 saturated carbocycles. The van der Waals surface area contributed by atoms with Gasteiger partial charge in [0.1, 0.15) is 0 Å². The molecule has 1 aliphatic carbocycles. The second kappa shape index (κ2) is 10.2. The summed E-state index contributed by atoms with van der Waals surface area (Å²) < 4.78 is 19.2. The van der Waals surface area contributed by atoms with E-state index in [0.29, 0.717) is 23.5 Å². The van der Waals surface area contributed by atoms with Gasteiger partial charge in [0.2, 0.25) is 5.79 Å². The maximum atomic E-state index is 6.49. The van der Waals surface area contributed by atoms with Gasteiger partial charge in [0.25, 0.3) is 0 Å². The molecule has 4 aliphatic heterocycles. The molecular formula is C28H38ClN3O5. The Bertz CT molecular complexity index is 1120. The minimum Gasteiger partial charge on any atom is -0.383 e. The lowest BCUT2D eigenvalue weighted by atomic mass is 9.58. The van der Waals surface area contributed by atoms with Crippen LogP contribution in [0.15, 0.2) is 30.5 Å². The number of anilines is 1. The van der Waals surface area contributed by atoms with E-state index in [9.17, 15) is 0 Å². The van der Waals surface area contributed by atoms with Gasteiger partial charge in [0, 0.05) is 60.2 Å². The predicted molar refractivity (Wildman–Crippen MR) is 141 cm³/mol. The molecule has 0 amide bonds. The van der Waals surface area contributed by atoms with Crippen molar-refractivity contribution in [1.82, 2.24) is 10.3 Å². The topological polar surface area (TPSA) is 83.1 Å². The number of fused-ring (bicyclic) bond motifs is 3. The van der Waals surface area contributed by atoms with Crippen molar-refractivity contribution < 1.29 is 24.0 Å². The number of ether oxygens (including phenoxy) is 3. The first-order valence-electron chi connectivity index (χ1n) is 13.7. The van der Waals surface area contributed by atoms with Crippen LogP contribution in [0.5, 0.6) is 0 Å². The molecule has 202 valence electrons. The second-order valence-electron chi connectivity index (χ2n) is 11.3. The average Bonchev–Trinajstić information content (AvgIpc) is 3.12. The highest BCUT2D eigenvalue weighted by Crippen LogP contribution is 2.60. The van der Waals surface area contributed by atoms with Crippen molar-refractivity contribution >= 4 is 28.2 Å². The first-order chi connectivity index (χ1) is 17.9. The molecule has 9 heteroatoms. The van der Waals surface area contributed by atoms with E-state index in [1.165, 1.54) is 6.42 Å². The number of halogens is 1. The molecule has 5 heterocycles. The van der Waals surface area contributed by atoms with Crippen molar-refractivity contribution in [3.05, 3.63) is 35.5 Å². The molecule has 1 aromatic carbocycles. The number of pyridine rings is 1. The van der Waals surface area contributed by atoms with Gasteiger partial charge in [-0.15, -0.1) is 0 Å². The third kappa shape index (κ3) is 4.65. The van der Waals surface area contributed by atoms with E-state index < -0.39 is 17.7 Å². The highest BCUT2D eigenvalue weighted by molar-refractivity contribution is 6.31. The van der Waals surface area contributed by atoms with Crippen LogP contribution in [0, 0.1) is 23.7 Å². The number of aromatic nitrogens is 1. The van der Waals surface area contributed by atoms with Crippen LogP contribution in [0.4, 0.5) is 5.69 Å². The first kappa shape index (κ1) is 25.7. The third-order valence-corrected chi connectivity index (χ3v) is 9.22. The van der Waals surface area contributed by atoms with Gasteiger partial charge >= 0.3 is 0 Å². The fraction of sp³-hybridized carbons (Fsp3) is 0.679. The summed E-state index contributed by atoms with van der Waals surface area (Å²) in [5, 5.41) is 8.70. The summed E-state index contributed by atoms with van der Waals surface area (Å²) in [6.45, 7) is 9.40. The van der Waals surface area contributed by atoms with Gasteiger partial charge in [-0.25, -0.2) is 9.78 Å². The van der Waals surface area contributed by atoms with E-state index in [1.807, 2.05) is 31.2 Å². The number of hydrogen-bond acceptors (Lipinski definition) is 8. The van der Waals surface area contributed by atoms with Crippen LogP contribution in [-0.4, -0.2) is 55.2 Å². The normalized spacial score (nSPS) is 38.8. The molecule has 2 N–H and O–H groups in total. The standard InChI is InChI=1S/C28H38ClN3O5/c1-17-4-7-22-18(2)25(34-26-28(22)21(17)8-10-27(3,35-26)36-37-28)33-15-14-30-12-13-32-23-9-11-31-24-16-19(29)5-6-20(23)24/h5-6,9,11,16-18,21-22,25-26,30H,4,7-8,10,12-15H2,1-3H3,(H,31,32)/t17-,18-,21?,22?,25+,26-,27+,28-/m1/s1. The molecule has 0 radical (unpaired) electrons. The van der Waals surface area contributed by atoms with E-state index in [2.05, 4.69) is 29.5 Å². The van der Waals surface area contributed by atoms with Crippen LogP contribution < -0.4 is 10.6 Å². The Labute approximate surface area is 223 Å². The van der Waals surface area contributed by atoms with E-state index >= 15 is 0 Å². The summed E-state index contributed by atoms with van der Waals surface area (Å²) in [5.74, 6) is 0.635. The summed E-state index contributed by atoms with van der Waals surface area (Å²) in [6.07, 6.45) is 5.13. The first-order valence-corrected chi connectivity index (χ1v) is 14.1. The molecule has 2 bridgehead atoms. The van der Waals surface area contributed by atoms with Crippen molar-refractivity contribution in [2.45, 2.75) is 70.4 Å². The van der Waals surface area contributed by atoms with Crippen molar-refractivity contribution in [3.63, 3.8) is 0 Å². The Morgan fingerprint density at radius 3 is 2.86 bits per heavy atom. The monoisotopic (exact) mass is 531 g/mol. The Hall–Kier alpha value is -1.52. The largest absolute Gasteiger partial charge is 0.383 e. The fourth-order valence-electron chi connectivity index (χ4n) is 7.00. The van der Waals surface area contributed by atoms with E-state index in [1.54, 1.807) is 6.20 Å². The molecule has 7 rings (SSSR count). The Balaban J connectivity index is 1.00. The number of hydrogen-bond donors (Lipinski definition) is 2. The van der Waals surface area contributed by atoms with Crippen LogP contribution in [0.2, 0.25) is 5.02 Å². The van der Waals surface area contributed by atoms with Crippen molar-refractivity contribution in [1.29, 1.82) is 0 Å². The second-order valence-corrected chi connectivity index (χ2v) is 11.8. The molecule has 2 aromatic rings. The van der Waals surface area contributed by atoms with E-state index in [-0.39, 0.29) is 18.1 Å². The fourth-order valence-corrected chi connectivity index (χ4v) is 7.16. The molecular weight excluding hydrogens is 494 g/mol. The maximum Gasteiger partial charge on any atom is 0.201 e. The Morgan fingerprint density at radius 2 is 1.97 bits per heavy atom. The zero-order chi connectivity index (χ0) is 25.6. The summed E-state index contributed by atoms with van der Waals surface area (Å²) in [7, 11) is 0. The van der Waals surface area contributed by atoms with Crippen LogP contribution in [0.3, 0.4) is 0 Å². The molecule has 8 nitrogen and oxygen atoms in total. The van der Waals surface area contributed by atoms with Crippen molar-refractivity contribution in [2.75, 3.05) is 31.6 Å². The highest BCUT2D eigenvalue weighted by atomic mass is 35.5.